The summed E-state index contributed by atoms with van der Waals surface area (Å²) in [7, 11) is 0. The molecule has 2 amide bonds. The number of aryl methyl sites for hydroxylation is 1. The fraction of sp³-hybridized carbons (Fsp3) is 0.115. The Morgan fingerprint density at radius 3 is 2.48 bits per heavy atom. The van der Waals surface area contributed by atoms with E-state index in [1.807, 2.05) is 79.7 Å². The van der Waals surface area contributed by atoms with Crippen LogP contribution in [0.5, 0.6) is 0 Å². The van der Waals surface area contributed by atoms with Crippen molar-refractivity contribution in [2.45, 2.75) is 19.4 Å². The molecule has 3 aromatic carbocycles. The summed E-state index contributed by atoms with van der Waals surface area (Å²) in [5, 5.41) is 7.75. The number of pyridine rings is 1. The molecule has 0 bridgehead atoms. The number of amides is 2. The van der Waals surface area contributed by atoms with Gasteiger partial charge in [0, 0.05) is 40.8 Å². The Hall–Kier alpha value is -3.99. The van der Waals surface area contributed by atoms with Gasteiger partial charge in [0.05, 0.1) is 0 Å². The molecule has 0 saturated heterocycles. The van der Waals surface area contributed by atoms with E-state index in [0.29, 0.717) is 17.7 Å². The van der Waals surface area contributed by atoms with E-state index >= 15 is 0 Å². The predicted molar refractivity (Wildman–Crippen MR) is 123 cm³/mol. The molecular formula is C26H23N3O2. The highest BCUT2D eigenvalue weighted by molar-refractivity contribution is 6.06. The van der Waals surface area contributed by atoms with Gasteiger partial charge < -0.3 is 10.6 Å². The number of hydrogen-bond donors (Lipinski definition) is 2. The minimum atomic E-state index is -0.730. The van der Waals surface area contributed by atoms with Crippen molar-refractivity contribution in [1.29, 1.82) is 0 Å². The molecule has 0 aliphatic rings. The molecular weight excluding hydrogens is 386 g/mol. The molecule has 1 atom stereocenters. The first kappa shape index (κ1) is 20.3. The minimum absolute atomic E-state index is 0.267. The molecule has 1 unspecified atom stereocenters. The second kappa shape index (κ2) is 9.22. The maximum atomic E-state index is 13.3. The largest absolute Gasteiger partial charge is 0.340 e. The lowest BCUT2D eigenvalue weighted by Crippen LogP contribution is -2.45. The summed E-state index contributed by atoms with van der Waals surface area (Å²) in [5.74, 6) is -0.536. The average molecular weight is 409 g/mol. The Morgan fingerprint density at radius 1 is 0.903 bits per heavy atom. The highest BCUT2D eigenvalue weighted by Gasteiger charge is 2.23. The van der Waals surface area contributed by atoms with Crippen molar-refractivity contribution in [2.75, 3.05) is 5.32 Å². The molecule has 4 aromatic rings. The van der Waals surface area contributed by atoms with E-state index in [9.17, 15) is 9.59 Å². The van der Waals surface area contributed by atoms with Crippen LogP contribution in [0.4, 0.5) is 5.69 Å². The van der Waals surface area contributed by atoms with Crippen molar-refractivity contribution >= 4 is 28.3 Å². The molecule has 0 aliphatic heterocycles. The zero-order valence-electron chi connectivity index (χ0n) is 17.2. The van der Waals surface area contributed by atoms with E-state index in [2.05, 4.69) is 15.6 Å². The smallest absolute Gasteiger partial charge is 0.252 e. The third-order valence-corrected chi connectivity index (χ3v) is 5.23. The summed E-state index contributed by atoms with van der Waals surface area (Å²) >= 11 is 0. The summed E-state index contributed by atoms with van der Waals surface area (Å²) < 4.78 is 0. The fourth-order valence-electron chi connectivity index (χ4n) is 3.57. The third-order valence-electron chi connectivity index (χ3n) is 5.23. The van der Waals surface area contributed by atoms with Crippen LogP contribution >= 0.6 is 0 Å². The Bertz CT molecular complexity index is 1220. The maximum Gasteiger partial charge on any atom is 0.252 e. The van der Waals surface area contributed by atoms with Gasteiger partial charge in [0.15, 0.2) is 0 Å². The SMILES string of the molecule is Cc1ccccc1C(=O)NC(Cc1ccccc1)C(=O)Nc1cccc2cnccc12. The van der Waals surface area contributed by atoms with Crippen LogP contribution in [-0.4, -0.2) is 22.8 Å². The number of carbonyl (C=O) groups is 2. The number of nitrogens with one attached hydrogen (secondary N) is 2. The van der Waals surface area contributed by atoms with Crippen LogP contribution in [-0.2, 0) is 11.2 Å². The van der Waals surface area contributed by atoms with Crippen LogP contribution in [0.3, 0.4) is 0 Å². The second-order valence-electron chi connectivity index (χ2n) is 7.42. The monoisotopic (exact) mass is 409 g/mol. The van der Waals surface area contributed by atoms with Gasteiger partial charge in [-0.3, -0.25) is 14.6 Å². The molecule has 2 N–H and O–H groups in total. The van der Waals surface area contributed by atoms with Gasteiger partial charge in [-0.05, 0) is 36.2 Å². The van der Waals surface area contributed by atoms with Crippen molar-refractivity contribution in [3.05, 3.63) is 108 Å². The molecule has 31 heavy (non-hydrogen) atoms. The van der Waals surface area contributed by atoms with Crippen LogP contribution in [0, 0.1) is 6.92 Å². The van der Waals surface area contributed by atoms with Gasteiger partial charge >= 0.3 is 0 Å². The van der Waals surface area contributed by atoms with Crippen molar-refractivity contribution in [3.8, 4) is 0 Å². The number of fused-ring (bicyclic) bond motifs is 1. The normalized spacial score (nSPS) is 11.6. The van der Waals surface area contributed by atoms with Gasteiger partial charge in [0.25, 0.3) is 5.91 Å². The van der Waals surface area contributed by atoms with Crippen molar-refractivity contribution in [3.63, 3.8) is 0 Å². The lowest BCUT2D eigenvalue weighted by Gasteiger charge is -2.20. The first-order valence-corrected chi connectivity index (χ1v) is 10.2. The summed E-state index contributed by atoms with van der Waals surface area (Å²) in [5.41, 5.74) is 3.08. The third kappa shape index (κ3) is 4.78. The van der Waals surface area contributed by atoms with Gasteiger partial charge in [0.1, 0.15) is 6.04 Å². The van der Waals surface area contributed by atoms with Gasteiger partial charge in [-0.2, -0.15) is 0 Å². The molecule has 0 fully saturated rings. The molecule has 0 aliphatic carbocycles. The number of aromatic nitrogens is 1. The molecule has 0 spiro atoms. The summed E-state index contributed by atoms with van der Waals surface area (Å²) in [6, 6.07) is 23.8. The van der Waals surface area contributed by atoms with Gasteiger partial charge in [-0.15, -0.1) is 0 Å². The molecule has 4 rings (SSSR count). The zero-order chi connectivity index (χ0) is 21.6. The number of carbonyl (C=O) groups excluding carboxylic acids is 2. The lowest BCUT2D eigenvalue weighted by molar-refractivity contribution is -0.118. The zero-order valence-corrected chi connectivity index (χ0v) is 17.2. The van der Waals surface area contributed by atoms with Gasteiger partial charge in [-0.1, -0.05) is 60.7 Å². The molecule has 5 nitrogen and oxygen atoms in total. The number of nitrogens with zero attached hydrogens (tertiary/aromatic N) is 1. The topological polar surface area (TPSA) is 71.1 Å². The number of benzene rings is 3. The summed E-state index contributed by atoms with van der Waals surface area (Å²) in [6.45, 7) is 1.88. The van der Waals surface area contributed by atoms with E-state index < -0.39 is 6.04 Å². The standard InChI is InChI=1S/C26H23N3O2/c1-18-8-5-6-12-21(18)25(30)29-24(16-19-9-3-2-4-10-19)26(31)28-23-13-7-11-20-17-27-15-14-22(20)23/h2-15,17,24H,16H2,1H3,(H,28,31)(H,29,30). The Kier molecular flexibility index (Phi) is 6.03. The predicted octanol–water partition coefficient (Wildman–Crippen LogP) is 4.52. The number of hydrogen-bond acceptors (Lipinski definition) is 3. The van der Waals surface area contributed by atoms with E-state index in [-0.39, 0.29) is 11.8 Å². The highest BCUT2D eigenvalue weighted by Crippen LogP contribution is 2.22. The number of anilines is 1. The molecule has 0 saturated carbocycles. The Morgan fingerprint density at radius 2 is 1.68 bits per heavy atom. The average Bonchev–Trinajstić information content (AvgIpc) is 2.80. The van der Waals surface area contributed by atoms with Crippen molar-refractivity contribution in [1.82, 2.24) is 10.3 Å². The second-order valence-corrected chi connectivity index (χ2v) is 7.42. The lowest BCUT2D eigenvalue weighted by atomic mass is 10.0. The van der Waals surface area contributed by atoms with Crippen LogP contribution < -0.4 is 10.6 Å². The molecule has 0 radical (unpaired) electrons. The van der Waals surface area contributed by atoms with Crippen LogP contribution in [0.1, 0.15) is 21.5 Å². The van der Waals surface area contributed by atoms with E-state index in [1.165, 1.54) is 0 Å². The number of rotatable bonds is 6. The Balaban J connectivity index is 1.60. The quantitative estimate of drug-likeness (QED) is 0.492. The molecule has 5 heteroatoms. The maximum absolute atomic E-state index is 13.3. The fourth-order valence-corrected chi connectivity index (χ4v) is 3.57. The summed E-state index contributed by atoms with van der Waals surface area (Å²) in [6.07, 6.45) is 3.84. The van der Waals surface area contributed by atoms with Crippen molar-refractivity contribution < 1.29 is 9.59 Å². The van der Waals surface area contributed by atoms with Gasteiger partial charge in [0.2, 0.25) is 5.91 Å². The van der Waals surface area contributed by atoms with E-state index in [1.54, 1.807) is 18.5 Å². The first-order chi connectivity index (χ1) is 15.1. The molecule has 1 aromatic heterocycles. The van der Waals surface area contributed by atoms with E-state index in [0.717, 1.165) is 21.9 Å². The molecule has 1 heterocycles. The van der Waals surface area contributed by atoms with Crippen LogP contribution in [0.15, 0.2) is 91.3 Å². The summed E-state index contributed by atoms with van der Waals surface area (Å²) in [4.78, 5) is 30.3. The van der Waals surface area contributed by atoms with Gasteiger partial charge in [-0.25, -0.2) is 0 Å². The van der Waals surface area contributed by atoms with Crippen LogP contribution in [0.2, 0.25) is 0 Å². The molecule has 154 valence electrons. The van der Waals surface area contributed by atoms with Crippen molar-refractivity contribution in [2.24, 2.45) is 0 Å². The van der Waals surface area contributed by atoms with E-state index in [4.69, 9.17) is 0 Å². The minimum Gasteiger partial charge on any atom is -0.340 e. The van der Waals surface area contributed by atoms with Crippen LogP contribution in [0.25, 0.3) is 10.8 Å². The first-order valence-electron chi connectivity index (χ1n) is 10.2. The Labute approximate surface area is 181 Å². The highest BCUT2D eigenvalue weighted by atomic mass is 16.2.